The zero-order chi connectivity index (χ0) is 23.4. The third-order valence-electron chi connectivity index (χ3n) is 6.82. The first kappa shape index (κ1) is 22.8. The van der Waals surface area contributed by atoms with Gasteiger partial charge in [0.2, 0.25) is 5.91 Å². The van der Waals surface area contributed by atoms with Crippen molar-refractivity contribution in [2.75, 3.05) is 26.7 Å². The Morgan fingerprint density at radius 2 is 1.55 bits per heavy atom. The first-order valence-electron chi connectivity index (χ1n) is 11.5. The summed E-state index contributed by atoms with van der Waals surface area (Å²) < 4.78 is 5.59. The number of carbonyl (C=O) groups excluding carboxylic acids is 2. The molecule has 1 fully saturated rings. The molecule has 2 aromatic carbocycles. The SMILES string of the molecule is CN(CC(=O)O)C(=O)C1CCC(CNC(=O)OCC2c3ccccc3-c3ccccc32)CC1. The Morgan fingerprint density at radius 3 is 2.12 bits per heavy atom. The van der Waals surface area contributed by atoms with Gasteiger partial charge in [-0.3, -0.25) is 9.59 Å². The average Bonchev–Trinajstić information content (AvgIpc) is 3.14. The minimum absolute atomic E-state index is 0.0346. The molecule has 0 atom stereocenters. The second-order valence-electron chi connectivity index (χ2n) is 9.01. The summed E-state index contributed by atoms with van der Waals surface area (Å²) in [5.74, 6) is -0.932. The van der Waals surface area contributed by atoms with E-state index >= 15 is 0 Å². The number of carboxylic acids is 1. The minimum atomic E-state index is -1.01. The van der Waals surface area contributed by atoms with Gasteiger partial charge >= 0.3 is 12.1 Å². The number of alkyl carbamates (subject to hydrolysis) is 1. The van der Waals surface area contributed by atoms with E-state index in [2.05, 4.69) is 29.6 Å². The number of rotatable bonds is 7. The molecule has 2 N–H and O–H groups in total. The molecule has 7 heteroatoms. The zero-order valence-electron chi connectivity index (χ0n) is 18.8. The Kier molecular flexibility index (Phi) is 6.96. The van der Waals surface area contributed by atoms with Crippen LogP contribution in [0.3, 0.4) is 0 Å². The molecule has 2 aliphatic rings. The summed E-state index contributed by atoms with van der Waals surface area (Å²) in [4.78, 5) is 36.8. The fourth-order valence-corrected chi connectivity index (χ4v) is 5.08. The van der Waals surface area contributed by atoms with E-state index in [0.717, 1.165) is 12.8 Å². The minimum Gasteiger partial charge on any atom is -0.480 e. The number of hydrogen-bond acceptors (Lipinski definition) is 4. The number of benzene rings is 2. The Bertz CT molecular complexity index is 983. The van der Waals surface area contributed by atoms with Gasteiger partial charge in [-0.25, -0.2) is 4.79 Å². The summed E-state index contributed by atoms with van der Waals surface area (Å²) >= 11 is 0. The van der Waals surface area contributed by atoms with Crippen LogP contribution in [0.25, 0.3) is 11.1 Å². The third kappa shape index (κ3) is 5.18. The molecule has 2 aromatic rings. The summed E-state index contributed by atoms with van der Waals surface area (Å²) in [5.41, 5.74) is 4.76. The summed E-state index contributed by atoms with van der Waals surface area (Å²) in [7, 11) is 1.53. The highest BCUT2D eigenvalue weighted by molar-refractivity contribution is 5.83. The first-order valence-corrected chi connectivity index (χ1v) is 11.5. The number of ether oxygens (including phenoxy) is 1. The molecular weight excluding hydrogens is 420 g/mol. The topological polar surface area (TPSA) is 95.9 Å². The lowest BCUT2D eigenvalue weighted by Gasteiger charge is -2.30. The van der Waals surface area contributed by atoms with Gasteiger partial charge in [-0.2, -0.15) is 0 Å². The number of aliphatic carboxylic acids is 1. The van der Waals surface area contributed by atoms with Crippen molar-refractivity contribution in [2.45, 2.75) is 31.6 Å². The largest absolute Gasteiger partial charge is 0.480 e. The molecule has 0 saturated heterocycles. The molecule has 0 heterocycles. The fraction of sp³-hybridized carbons (Fsp3) is 0.423. The summed E-state index contributed by atoms with van der Waals surface area (Å²) in [5, 5.41) is 11.7. The third-order valence-corrected chi connectivity index (χ3v) is 6.82. The van der Waals surface area contributed by atoms with Gasteiger partial charge in [-0.05, 0) is 53.9 Å². The average molecular weight is 451 g/mol. The Balaban J connectivity index is 1.23. The van der Waals surface area contributed by atoms with Crippen molar-refractivity contribution in [3.63, 3.8) is 0 Å². The smallest absolute Gasteiger partial charge is 0.407 e. The first-order chi connectivity index (χ1) is 15.9. The number of nitrogens with zero attached hydrogens (tertiary/aromatic N) is 1. The molecule has 0 radical (unpaired) electrons. The van der Waals surface area contributed by atoms with Crippen molar-refractivity contribution in [1.82, 2.24) is 10.2 Å². The second kappa shape index (κ2) is 10.1. The van der Waals surface area contributed by atoms with Crippen LogP contribution in [0.4, 0.5) is 4.79 Å². The maximum absolute atomic E-state index is 12.4. The van der Waals surface area contributed by atoms with Gasteiger partial charge in [0.1, 0.15) is 13.2 Å². The summed E-state index contributed by atoms with van der Waals surface area (Å²) in [6.45, 7) is 0.529. The second-order valence-corrected chi connectivity index (χ2v) is 9.01. The highest BCUT2D eigenvalue weighted by Crippen LogP contribution is 2.44. The van der Waals surface area contributed by atoms with E-state index in [9.17, 15) is 14.4 Å². The van der Waals surface area contributed by atoms with Crippen LogP contribution in [-0.2, 0) is 14.3 Å². The predicted octanol–water partition coefficient (Wildman–Crippen LogP) is 3.87. The molecular formula is C26H30N2O5. The summed E-state index contributed by atoms with van der Waals surface area (Å²) in [6, 6.07) is 16.5. The monoisotopic (exact) mass is 450 g/mol. The number of carboxylic acid groups (broad SMARTS) is 1. The fourth-order valence-electron chi connectivity index (χ4n) is 5.08. The van der Waals surface area contributed by atoms with E-state index in [4.69, 9.17) is 9.84 Å². The molecule has 0 aromatic heterocycles. The van der Waals surface area contributed by atoms with E-state index in [-0.39, 0.29) is 30.9 Å². The van der Waals surface area contributed by atoms with E-state index in [1.807, 2.05) is 24.3 Å². The lowest BCUT2D eigenvalue weighted by Crippen LogP contribution is -2.39. The van der Waals surface area contributed by atoms with Crippen LogP contribution < -0.4 is 5.32 Å². The Labute approximate surface area is 193 Å². The lowest BCUT2D eigenvalue weighted by molar-refractivity contribution is -0.145. The molecule has 0 spiro atoms. The van der Waals surface area contributed by atoms with Gasteiger partial charge in [0, 0.05) is 25.4 Å². The standard InChI is InChI=1S/C26H30N2O5/c1-28(15-24(29)30)25(31)18-12-10-17(11-13-18)14-27-26(32)33-16-23-21-8-4-2-6-19(21)20-7-3-5-9-22(20)23/h2-9,17-18,23H,10-16H2,1H3,(H,27,32)(H,29,30). The Morgan fingerprint density at radius 1 is 0.970 bits per heavy atom. The molecule has 7 nitrogen and oxygen atoms in total. The van der Waals surface area contributed by atoms with Crippen LogP contribution in [0.15, 0.2) is 48.5 Å². The van der Waals surface area contributed by atoms with Gasteiger partial charge in [0.05, 0.1) is 0 Å². The lowest BCUT2D eigenvalue weighted by atomic mass is 9.81. The number of nitrogens with one attached hydrogen (secondary N) is 1. The van der Waals surface area contributed by atoms with E-state index in [0.29, 0.717) is 25.3 Å². The molecule has 0 aliphatic heterocycles. The molecule has 174 valence electrons. The molecule has 0 bridgehead atoms. The van der Waals surface area contributed by atoms with Gasteiger partial charge in [0.25, 0.3) is 0 Å². The normalized spacial score (nSPS) is 19.3. The van der Waals surface area contributed by atoms with Crippen molar-refractivity contribution < 1.29 is 24.2 Å². The molecule has 4 rings (SSSR count). The van der Waals surface area contributed by atoms with Crippen LogP contribution >= 0.6 is 0 Å². The molecule has 33 heavy (non-hydrogen) atoms. The van der Waals surface area contributed by atoms with Gasteiger partial charge in [0.15, 0.2) is 0 Å². The molecule has 1 saturated carbocycles. The number of amides is 2. The maximum atomic E-state index is 12.4. The van der Waals surface area contributed by atoms with Crippen molar-refractivity contribution in [3.05, 3.63) is 59.7 Å². The van der Waals surface area contributed by atoms with Crippen molar-refractivity contribution in [2.24, 2.45) is 11.8 Å². The van der Waals surface area contributed by atoms with Crippen LogP contribution in [0.5, 0.6) is 0 Å². The van der Waals surface area contributed by atoms with Crippen LogP contribution in [-0.4, -0.2) is 54.7 Å². The molecule has 2 amide bonds. The van der Waals surface area contributed by atoms with Crippen molar-refractivity contribution >= 4 is 18.0 Å². The highest BCUT2D eigenvalue weighted by Gasteiger charge is 2.30. The van der Waals surface area contributed by atoms with Crippen LogP contribution in [0.2, 0.25) is 0 Å². The number of fused-ring (bicyclic) bond motifs is 3. The van der Waals surface area contributed by atoms with Crippen molar-refractivity contribution in [1.29, 1.82) is 0 Å². The Hall–Kier alpha value is -3.35. The number of likely N-dealkylation sites (N-methyl/N-ethyl adjacent to an activating group) is 1. The highest BCUT2D eigenvalue weighted by atomic mass is 16.5. The maximum Gasteiger partial charge on any atom is 0.407 e. The molecule has 0 unspecified atom stereocenters. The van der Waals surface area contributed by atoms with Crippen LogP contribution in [0.1, 0.15) is 42.7 Å². The van der Waals surface area contributed by atoms with Gasteiger partial charge < -0.3 is 20.1 Å². The zero-order valence-corrected chi connectivity index (χ0v) is 18.8. The number of hydrogen-bond donors (Lipinski definition) is 2. The number of carbonyl (C=O) groups is 3. The van der Waals surface area contributed by atoms with E-state index in [1.165, 1.54) is 34.2 Å². The van der Waals surface area contributed by atoms with Crippen LogP contribution in [0, 0.1) is 11.8 Å². The van der Waals surface area contributed by atoms with Gasteiger partial charge in [-0.1, -0.05) is 48.5 Å². The molecule has 2 aliphatic carbocycles. The van der Waals surface area contributed by atoms with E-state index < -0.39 is 12.1 Å². The predicted molar refractivity (Wildman–Crippen MR) is 124 cm³/mol. The summed E-state index contributed by atoms with van der Waals surface area (Å²) in [6.07, 6.45) is 2.64. The van der Waals surface area contributed by atoms with E-state index in [1.54, 1.807) is 0 Å². The van der Waals surface area contributed by atoms with Crippen molar-refractivity contribution in [3.8, 4) is 11.1 Å². The quantitative estimate of drug-likeness (QED) is 0.668. The van der Waals surface area contributed by atoms with Gasteiger partial charge in [-0.15, -0.1) is 0 Å².